The minimum absolute atomic E-state index is 0.166. The van der Waals surface area contributed by atoms with Crippen molar-refractivity contribution in [2.75, 3.05) is 10.0 Å². The number of anilines is 2. The predicted molar refractivity (Wildman–Crippen MR) is 106 cm³/mol. The first-order valence-electron chi connectivity index (χ1n) is 7.50. The molecule has 0 spiro atoms. The second-order valence-electron chi connectivity index (χ2n) is 5.45. The van der Waals surface area contributed by atoms with E-state index >= 15 is 0 Å². The molecule has 28 heavy (non-hydrogen) atoms. The maximum atomic E-state index is 13.3. The summed E-state index contributed by atoms with van der Waals surface area (Å²) in [6.07, 6.45) is 0. The number of rotatable bonds is 5. The van der Waals surface area contributed by atoms with E-state index in [0.29, 0.717) is 16.1 Å². The van der Waals surface area contributed by atoms with Gasteiger partial charge in [0.15, 0.2) is 11.6 Å². The lowest BCUT2D eigenvalue weighted by Gasteiger charge is -2.10. The molecule has 0 saturated carbocycles. The van der Waals surface area contributed by atoms with Gasteiger partial charge >= 0.3 is 0 Å². The van der Waals surface area contributed by atoms with Crippen LogP contribution in [-0.2, 0) is 10.0 Å². The minimum Gasteiger partial charge on any atom is -0.322 e. The lowest BCUT2D eigenvalue weighted by molar-refractivity contribution is 0.102. The molecule has 0 radical (unpaired) electrons. The molecule has 11 heteroatoms. The number of hydrogen-bond acceptors (Lipinski definition) is 4. The molecule has 0 fully saturated rings. The van der Waals surface area contributed by atoms with Crippen LogP contribution in [0.4, 0.5) is 20.2 Å². The van der Waals surface area contributed by atoms with Gasteiger partial charge in [-0.3, -0.25) is 9.52 Å². The van der Waals surface area contributed by atoms with Crippen molar-refractivity contribution in [3.8, 4) is 0 Å². The molecular formula is C17H10Cl2F2N2O3S2. The van der Waals surface area contributed by atoms with Crippen LogP contribution in [0.2, 0.25) is 8.67 Å². The number of hydrogen-bond donors (Lipinski definition) is 2. The number of carbonyl (C=O) groups is 1. The Kier molecular flexibility index (Phi) is 5.90. The van der Waals surface area contributed by atoms with E-state index in [2.05, 4.69) is 10.0 Å². The molecule has 0 bridgehead atoms. The zero-order valence-corrected chi connectivity index (χ0v) is 16.8. The van der Waals surface area contributed by atoms with Crippen molar-refractivity contribution in [2.24, 2.45) is 0 Å². The van der Waals surface area contributed by atoms with Gasteiger partial charge in [-0.2, -0.15) is 0 Å². The zero-order chi connectivity index (χ0) is 20.5. The lowest BCUT2D eigenvalue weighted by Crippen LogP contribution is -2.14. The fourth-order valence-electron chi connectivity index (χ4n) is 2.17. The highest BCUT2D eigenvalue weighted by atomic mass is 35.5. The van der Waals surface area contributed by atoms with E-state index in [4.69, 9.17) is 23.2 Å². The van der Waals surface area contributed by atoms with Gasteiger partial charge in [-0.25, -0.2) is 17.2 Å². The Morgan fingerprint density at radius 3 is 2.14 bits per heavy atom. The van der Waals surface area contributed by atoms with Crippen molar-refractivity contribution >= 4 is 61.8 Å². The molecule has 0 saturated heterocycles. The summed E-state index contributed by atoms with van der Waals surface area (Å²) < 4.78 is 53.6. The summed E-state index contributed by atoms with van der Waals surface area (Å²) in [6.45, 7) is 0. The van der Waals surface area contributed by atoms with Gasteiger partial charge < -0.3 is 5.32 Å². The van der Waals surface area contributed by atoms with E-state index < -0.39 is 32.5 Å². The molecule has 0 aliphatic rings. The van der Waals surface area contributed by atoms with Crippen LogP contribution in [-0.4, -0.2) is 14.3 Å². The first kappa shape index (κ1) is 20.5. The van der Waals surface area contributed by atoms with Crippen molar-refractivity contribution in [2.45, 2.75) is 4.90 Å². The summed E-state index contributed by atoms with van der Waals surface area (Å²) in [7, 11) is -4.11. The van der Waals surface area contributed by atoms with Crippen LogP contribution in [0.3, 0.4) is 0 Å². The largest absolute Gasteiger partial charge is 0.322 e. The number of benzene rings is 2. The first-order valence-corrected chi connectivity index (χ1v) is 10.6. The summed E-state index contributed by atoms with van der Waals surface area (Å²) in [5, 5.41) is 2.60. The Morgan fingerprint density at radius 2 is 1.57 bits per heavy atom. The average molecular weight is 463 g/mol. The summed E-state index contributed by atoms with van der Waals surface area (Å²) in [5.41, 5.74) is 0.776. The molecule has 1 aromatic heterocycles. The second-order valence-corrected chi connectivity index (χ2v) is 9.42. The average Bonchev–Trinajstić information content (AvgIpc) is 2.97. The van der Waals surface area contributed by atoms with Crippen LogP contribution >= 0.6 is 34.5 Å². The predicted octanol–water partition coefficient (Wildman–Crippen LogP) is 5.39. The highest BCUT2D eigenvalue weighted by Crippen LogP contribution is 2.31. The molecule has 1 heterocycles. The van der Waals surface area contributed by atoms with Gasteiger partial charge in [0.2, 0.25) is 0 Å². The summed E-state index contributed by atoms with van der Waals surface area (Å²) >= 11 is 12.8. The van der Waals surface area contributed by atoms with Crippen LogP contribution in [0, 0.1) is 11.6 Å². The highest BCUT2D eigenvalue weighted by Gasteiger charge is 2.17. The van der Waals surface area contributed by atoms with Crippen LogP contribution in [0.1, 0.15) is 10.4 Å². The molecule has 146 valence electrons. The summed E-state index contributed by atoms with van der Waals surface area (Å²) in [6, 6.07) is 9.42. The van der Waals surface area contributed by atoms with Crippen LogP contribution in [0.15, 0.2) is 53.4 Å². The van der Waals surface area contributed by atoms with Gasteiger partial charge in [0.25, 0.3) is 15.9 Å². The third kappa shape index (κ3) is 4.61. The van der Waals surface area contributed by atoms with Crippen LogP contribution in [0.5, 0.6) is 0 Å². The topological polar surface area (TPSA) is 75.3 Å². The number of carbonyl (C=O) groups excluding carboxylic acids is 1. The SMILES string of the molecule is O=C(Nc1ccc(NS(=O)(=O)c2ccc(F)c(F)c2)cc1)c1cc(Cl)sc1Cl. The Hall–Kier alpha value is -2.20. The van der Waals surface area contributed by atoms with E-state index in [0.717, 1.165) is 23.5 Å². The zero-order valence-electron chi connectivity index (χ0n) is 13.7. The quantitative estimate of drug-likeness (QED) is 0.533. The van der Waals surface area contributed by atoms with Crippen molar-refractivity contribution in [1.82, 2.24) is 0 Å². The molecule has 3 aromatic rings. The summed E-state index contributed by atoms with van der Waals surface area (Å²) in [4.78, 5) is 11.8. The molecule has 2 N–H and O–H groups in total. The minimum atomic E-state index is -4.11. The molecule has 0 aliphatic carbocycles. The van der Waals surface area contributed by atoms with Gasteiger partial charge in [-0.15, -0.1) is 11.3 Å². The van der Waals surface area contributed by atoms with Crippen molar-refractivity contribution in [3.63, 3.8) is 0 Å². The molecule has 2 aromatic carbocycles. The Bertz CT molecular complexity index is 1150. The standard InChI is InChI=1S/C17H10Cl2F2N2O3S2/c18-15-8-12(16(19)27-15)17(24)22-9-1-3-10(4-2-9)23-28(25,26)11-5-6-13(20)14(21)7-11/h1-8,23H,(H,22,24). The fraction of sp³-hybridized carbons (Fsp3) is 0. The molecule has 0 aliphatic heterocycles. The van der Waals surface area contributed by atoms with Crippen LogP contribution in [0.25, 0.3) is 0 Å². The summed E-state index contributed by atoms with van der Waals surface area (Å²) in [5.74, 6) is -2.89. The van der Waals surface area contributed by atoms with E-state index in [1.54, 1.807) is 0 Å². The van der Waals surface area contributed by atoms with E-state index in [9.17, 15) is 22.0 Å². The fourth-order valence-corrected chi connectivity index (χ4v) is 4.70. The lowest BCUT2D eigenvalue weighted by atomic mass is 10.2. The molecule has 3 rings (SSSR count). The van der Waals surface area contributed by atoms with Crippen molar-refractivity contribution < 1.29 is 22.0 Å². The highest BCUT2D eigenvalue weighted by molar-refractivity contribution is 7.92. The van der Waals surface area contributed by atoms with Crippen LogP contribution < -0.4 is 10.0 Å². The third-order valence-electron chi connectivity index (χ3n) is 3.50. The van der Waals surface area contributed by atoms with Crippen molar-refractivity contribution in [1.29, 1.82) is 0 Å². The van der Waals surface area contributed by atoms with E-state index in [1.807, 2.05) is 0 Å². The normalized spacial score (nSPS) is 11.3. The van der Waals surface area contributed by atoms with E-state index in [-0.39, 0.29) is 15.6 Å². The monoisotopic (exact) mass is 462 g/mol. The number of nitrogens with one attached hydrogen (secondary N) is 2. The number of halogens is 4. The number of sulfonamides is 1. The van der Waals surface area contributed by atoms with Gasteiger partial charge in [0.1, 0.15) is 4.34 Å². The number of amides is 1. The van der Waals surface area contributed by atoms with E-state index in [1.165, 1.54) is 30.3 Å². The smallest absolute Gasteiger partial charge is 0.261 e. The second kappa shape index (κ2) is 8.04. The molecule has 0 unspecified atom stereocenters. The molecule has 1 amide bonds. The Morgan fingerprint density at radius 1 is 0.929 bits per heavy atom. The number of thiophene rings is 1. The van der Waals surface area contributed by atoms with Crippen molar-refractivity contribution in [3.05, 3.63) is 74.4 Å². The Balaban J connectivity index is 1.72. The van der Waals surface area contributed by atoms with Gasteiger partial charge in [-0.05, 0) is 48.5 Å². The maximum absolute atomic E-state index is 13.3. The van der Waals surface area contributed by atoms with Gasteiger partial charge in [0, 0.05) is 11.4 Å². The third-order valence-corrected chi connectivity index (χ3v) is 6.36. The van der Waals surface area contributed by atoms with Gasteiger partial charge in [0.05, 0.1) is 14.8 Å². The molecule has 0 atom stereocenters. The Labute approximate surface area is 173 Å². The maximum Gasteiger partial charge on any atom is 0.261 e. The molecule has 5 nitrogen and oxygen atoms in total. The van der Waals surface area contributed by atoms with Gasteiger partial charge in [-0.1, -0.05) is 23.2 Å². The molecular weight excluding hydrogens is 453 g/mol. The first-order chi connectivity index (χ1) is 13.2.